The lowest BCUT2D eigenvalue weighted by molar-refractivity contribution is -0.120. The number of hydrogen-bond acceptors (Lipinski definition) is 5. The van der Waals surface area contributed by atoms with Crippen molar-refractivity contribution in [2.24, 2.45) is 0 Å². The fourth-order valence-corrected chi connectivity index (χ4v) is 1.37. The number of nitrogens with one attached hydrogen (secondary N) is 2. The first-order valence-corrected chi connectivity index (χ1v) is 5.60. The van der Waals surface area contributed by atoms with Gasteiger partial charge in [-0.3, -0.25) is 4.79 Å². The number of ether oxygens (including phenoxy) is 1. The molecule has 18 heavy (non-hydrogen) atoms. The third-order valence-corrected chi connectivity index (χ3v) is 2.30. The summed E-state index contributed by atoms with van der Waals surface area (Å²) in [5.74, 6) is -0.124. The Bertz CT molecular complexity index is 396. The van der Waals surface area contributed by atoms with Crippen LogP contribution in [0.4, 0.5) is 0 Å². The topological polar surface area (TPSA) is 90.8 Å². The number of phenols is 2. The highest BCUT2D eigenvalue weighted by Gasteiger charge is 2.04. The van der Waals surface area contributed by atoms with Crippen LogP contribution in [0.1, 0.15) is 5.56 Å². The van der Waals surface area contributed by atoms with E-state index in [2.05, 4.69) is 10.6 Å². The smallest absolute Gasteiger partial charge is 0.234 e. The molecule has 1 aromatic carbocycles. The number of benzene rings is 1. The van der Waals surface area contributed by atoms with Gasteiger partial charge in [-0.1, -0.05) is 6.07 Å². The number of rotatable bonds is 7. The van der Waals surface area contributed by atoms with Gasteiger partial charge in [-0.05, 0) is 6.07 Å². The van der Waals surface area contributed by atoms with Gasteiger partial charge in [-0.2, -0.15) is 0 Å². The fraction of sp³-hybridized carbons (Fsp3) is 0.417. The van der Waals surface area contributed by atoms with Crippen LogP contribution in [0.2, 0.25) is 0 Å². The molecule has 1 aromatic rings. The predicted molar refractivity (Wildman–Crippen MR) is 66.4 cm³/mol. The third kappa shape index (κ3) is 5.03. The molecule has 0 aliphatic rings. The number of carbonyl (C=O) groups is 1. The van der Waals surface area contributed by atoms with Gasteiger partial charge in [0.1, 0.15) is 11.5 Å². The van der Waals surface area contributed by atoms with Crippen LogP contribution >= 0.6 is 0 Å². The van der Waals surface area contributed by atoms with Gasteiger partial charge in [0.25, 0.3) is 0 Å². The SMILES string of the molecule is COCCNC(=O)CNCc1ccc(O)cc1O. The Balaban J connectivity index is 2.26. The molecule has 0 aromatic heterocycles. The molecular formula is C12H18N2O4. The number of phenolic OH excluding ortho intramolecular Hbond substituents is 2. The minimum Gasteiger partial charge on any atom is -0.508 e. The molecule has 0 unspecified atom stereocenters. The van der Waals surface area contributed by atoms with E-state index in [1.54, 1.807) is 13.2 Å². The highest BCUT2D eigenvalue weighted by molar-refractivity contribution is 5.77. The van der Waals surface area contributed by atoms with Gasteiger partial charge in [-0.15, -0.1) is 0 Å². The van der Waals surface area contributed by atoms with Crippen LogP contribution in [0.15, 0.2) is 18.2 Å². The summed E-state index contributed by atoms with van der Waals surface area (Å²) in [5, 5.41) is 24.2. The lowest BCUT2D eigenvalue weighted by atomic mass is 10.2. The normalized spacial score (nSPS) is 10.3. The van der Waals surface area contributed by atoms with Crippen molar-refractivity contribution in [2.45, 2.75) is 6.54 Å². The second-order valence-electron chi connectivity index (χ2n) is 3.76. The molecule has 0 heterocycles. The van der Waals surface area contributed by atoms with Gasteiger partial charge in [0.15, 0.2) is 0 Å². The van der Waals surface area contributed by atoms with Gasteiger partial charge in [0, 0.05) is 31.8 Å². The lowest BCUT2D eigenvalue weighted by Gasteiger charge is -2.08. The Morgan fingerprint density at radius 3 is 2.83 bits per heavy atom. The molecule has 1 amide bonds. The zero-order chi connectivity index (χ0) is 13.4. The average Bonchev–Trinajstić information content (AvgIpc) is 2.32. The standard InChI is InChI=1S/C12H18N2O4/c1-18-5-4-14-12(17)8-13-7-9-2-3-10(15)6-11(9)16/h2-3,6,13,15-16H,4-5,7-8H2,1H3,(H,14,17). The summed E-state index contributed by atoms with van der Waals surface area (Å²) < 4.78 is 4.80. The number of methoxy groups -OCH3 is 1. The number of carbonyl (C=O) groups excluding carboxylic acids is 1. The van der Waals surface area contributed by atoms with Crippen molar-refractivity contribution in [3.8, 4) is 11.5 Å². The molecule has 6 heteroatoms. The quantitative estimate of drug-likeness (QED) is 0.512. The molecule has 1 rings (SSSR count). The van der Waals surface area contributed by atoms with Crippen molar-refractivity contribution in [1.29, 1.82) is 0 Å². The van der Waals surface area contributed by atoms with Crippen molar-refractivity contribution < 1.29 is 19.7 Å². The Kier molecular flexibility index (Phi) is 5.96. The summed E-state index contributed by atoms with van der Waals surface area (Å²) in [6, 6.07) is 4.34. The van der Waals surface area contributed by atoms with Crippen molar-refractivity contribution in [3.05, 3.63) is 23.8 Å². The summed E-state index contributed by atoms with van der Waals surface area (Å²) in [7, 11) is 1.57. The summed E-state index contributed by atoms with van der Waals surface area (Å²) in [4.78, 5) is 11.3. The maximum atomic E-state index is 11.3. The van der Waals surface area contributed by atoms with Crippen LogP contribution in [-0.4, -0.2) is 42.9 Å². The molecule has 0 bridgehead atoms. The number of amides is 1. The van der Waals surface area contributed by atoms with Crippen LogP contribution in [-0.2, 0) is 16.1 Å². The molecule has 0 radical (unpaired) electrons. The zero-order valence-electron chi connectivity index (χ0n) is 10.3. The van der Waals surface area contributed by atoms with Gasteiger partial charge in [-0.25, -0.2) is 0 Å². The first-order chi connectivity index (χ1) is 8.63. The molecule has 0 aliphatic heterocycles. The molecule has 0 atom stereocenters. The fourth-order valence-electron chi connectivity index (χ4n) is 1.37. The van der Waals surface area contributed by atoms with Gasteiger partial charge in [0.2, 0.25) is 5.91 Å². The van der Waals surface area contributed by atoms with E-state index in [9.17, 15) is 9.90 Å². The first kappa shape index (κ1) is 14.3. The first-order valence-electron chi connectivity index (χ1n) is 5.60. The summed E-state index contributed by atoms with van der Waals surface area (Å²) in [6.45, 7) is 1.46. The van der Waals surface area contributed by atoms with E-state index in [0.29, 0.717) is 25.3 Å². The summed E-state index contributed by atoms with van der Waals surface area (Å²) >= 11 is 0. The molecule has 0 aliphatic carbocycles. The molecular weight excluding hydrogens is 236 g/mol. The molecule has 0 saturated heterocycles. The minimum atomic E-state index is -0.134. The second kappa shape index (κ2) is 7.52. The van der Waals surface area contributed by atoms with E-state index in [0.717, 1.165) is 0 Å². The molecule has 4 N–H and O–H groups in total. The highest BCUT2D eigenvalue weighted by Crippen LogP contribution is 2.21. The second-order valence-corrected chi connectivity index (χ2v) is 3.76. The number of hydrogen-bond donors (Lipinski definition) is 4. The van der Waals surface area contributed by atoms with E-state index in [-0.39, 0.29) is 24.0 Å². The van der Waals surface area contributed by atoms with Crippen molar-refractivity contribution in [1.82, 2.24) is 10.6 Å². The zero-order valence-corrected chi connectivity index (χ0v) is 10.3. The molecule has 6 nitrogen and oxygen atoms in total. The molecule has 100 valence electrons. The Morgan fingerprint density at radius 2 is 2.17 bits per heavy atom. The van der Waals surface area contributed by atoms with E-state index in [1.165, 1.54) is 12.1 Å². The Morgan fingerprint density at radius 1 is 1.39 bits per heavy atom. The van der Waals surface area contributed by atoms with Crippen LogP contribution < -0.4 is 10.6 Å². The maximum absolute atomic E-state index is 11.3. The van der Waals surface area contributed by atoms with E-state index < -0.39 is 0 Å². The van der Waals surface area contributed by atoms with Crippen LogP contribution in [0, 0.1) is 0 Å². The van der Waals surface area contributed by atoms with E-state index in [4.69, 9.17) is 9.84 Å². The van der Waals surface area contributed by atoms with Crippen molar-refractivity contribution >= 4 is 5.91 Å². The van der Waals surface area contributed by atoms with Gasteiger partial charge < -0.3 is 25.6 Å². The largest absolute Gasteiger partial charge is 0.508 e. The van der Waals surface area contributed by atoms with Gasteiger partial charge in [0.05, 0.1) is 13.2 Å². The molecule has 0 spiro atoms. The predicted octanol–water partition coefficient (Wildman–Crippen LogP) is -0.0500. The van der Waals surface area contributed by atoms with Crippen LogP contribution in [0.3, 0.4) is 0 Å². The Hall–Kier alpha value is -1.79. The van der Waals surface area contributed by atoms with E-state index >= 15 is 0 Å². The Labute approximate surface area is 106 Å². The maximum Gasteiger partial charge on any atom is 0.234 e. The highest BCUT2D eigenvalue weighted by atomic mass is 16.5. The van der Waals surface area contributed by atoms with Crippen molar-refractivity contribution in [3.63, 3.8) is 0 Å². The monoisotopic (exact) mass is 254 g/mol. The molecule has 0 saturated carbocycles. The van der Waals surface area contributed by atoms with E-state index in [1.807, 2.05) is 0 Å². The van der Waals surface area contributed by atoms with Crippen LogP contribution in [0.5, 0.6) is 11.5 Å². The van der Waals surface area contributed by atoms with Crippen LogP contribution in [0.25, 0.3) is 0 Å². The summed E-state index contributed by atoms with van der Waals surface area (Å²) in [6.07, 6.45) is 0. The lowest BCUT2D eigenvalue weighted by Crippen LogP contribution is -2.35. The summed E-state index contributed by atoms with van der Waals surface area (Å²) in [5.41, 5.74) is 0.623. The minimum absolute atomic E-state index is 0.00212. The third-order valence-electron chi connectivity index (χ3n) is 2.30. The molecule has 0 fully saturated rings. The van der Waals surface area contributed by atoms with Crippen molar-refractivity contribution in [2.75, 3.05) is 26.8 Å². The average molecular weight is 254 g/mol. The van der Waals surface area contributed by atoms with Gasteiger partial charge >= 0.3 is 0 Å². The number of aromatic hydroxyl groups is 2.